The number of hydrogen-bond donors (Lipinski definition) is 2. The molecular weight excluding hydrogens is 266 g/mol. The van der Waals surface area contributed by atoms with Crippen LogP contribution < -0.4 is 11.1 Å². The molecule has 1 amide bonds. The number of hydrogen-bond acceptors (Lipinski definition) is 4. The molecule has 0 bridgehead atoms. The number of nitrogen functional groups attached to an aromatic ring is 1. The molecule has 1 unspecified atom stereocenters. The molecule has 0 saturated carbocycles. The Labute approximate surface area is 112 Å². The first-order valence-corrected chi connectivity index (χ1v) is 8.11. The Hall–Kier alpha value is -1.50. The number of rotatable bonds is 4. The molecular formula is C12H19N3O3S. The van der Waals surface area contributed by atoms with Gasteiger partial charge in [0.05, 0.1) is 16.7 Å². The zero-order valence-corrected chi connectivity index (χ0v) is 11.7. The normalized spacial score (nSPS) is 21.4. The number of anilines is 1. The summed E-state index contributed by atoms with van der Waals surface area (Å²) in [6.45, 7) is 2.73. The van der Waals surface area contributed by atoms with Gasteiger partial charge in [0.25, 0.3) is 5.91 Å². The van der Waals surface area contributed by atoms with Crippen LogP contribution in [0.15, 0.2) is 12.3 Å². The second-order valence-corrected chi connectivity index (χ2v) is 7.19. The predicted molar refractivity (Wildman–Crippen MR) is 73.7 cm³/mol. The van der Waals surface area contributed by atoms with Gasteiger partial charge in [-0.2, -0.15) is 0 Å². The summed E-state index contributed by atoms with van der Waals surface area (Å²) in [7, 11) is -3.02. The lowest BCUT2D eigenvalue weighted by Crippen LogP contribution is -2.35. The molecule has 106 valence electrons. The second kappa shape index (κ2) is 5.24. The molecule has 6 nitrogen and oxygen atoms in total. The summed E-state index contributed by atoms with van der Waals surface area (Å²) in [5.74, 6) is -0.0492. The first-order valence-electron chi connectivity index (χ1n) is 6.39. The molecule has 0 spiro atoms. The van der Waals surface area contributed by atoms with E-state index in [1.807, 2.05) is 6.92 Å². The van der Waals surface area contributed by atoms with E-state index in [0.717, 1.165) is 0 Å². The van der Waals surface area contributed by atoms with Gasteiger partial charge in [-0.25, -0.2) is 8.42 Å². The van der Waals surface area contributed by atoms with Crippen LogP contribution in [-0.2, 0) is 16.4 Å². The summed E-state index contributed by atoms with van der Waals surface area (Å²) in [6, 6.07) is 1.60. The Kier molecular flexibility index (Phi) is 3.84. The third-order valence-corrected chi connectivity index (χ3v) is 5.72. The molecule has 1 atom stereocenters. The van der Waals surface area contributed by atoms with Crippen molar-refractivity contribution in [3.63, 3.8) is 0 Å². The fourth-order valence-electron chi connectivity index (χ4n) is 2.37. The topological polar surface area (TPSA) is 94.2 Å². The van der Waals surface area contributed by atoms with Crippen molar-refractivity contribution < 1.29 is 13.2 Å². The summed E-state index contributed by atoms with van der Waals surface area (Å²) in [5.41, 5.74) is 6.65. The average molecular weight is 285 g/mol. The lowest BCUT2D eigenvalue weighted by Gasteiger charge is -2.11. The number of nitrogens with zero attached hydrogens (tertiary/aromatic N) is 1. The molecule has 1 aliphatic rings. The number of aryl methyl sites for hydroxylation is 1. The van der Waals surface area contributed by atoms with Crippen LogP contribution in [0.3, 0.4) is 0 Å². The molecule has 1 aromatic rings. The van der Waals surface area contributed by atoms with E-state index in [1.54, 1.807) is 16.8 Å². The fourth-order valence-corrected chi connectivity index (χ4v) is 4.14. The molecule has 2 rings (SSSR count). The fraction of sp³-hybridized carbons (Fsp3) is 0.583. The van der Waals surface area contributed by atoms with Crippen LogP contribution in [0.1, 0.15) is 30.3 Å². The van der Waals surface area contributed by atoms with Gasteiger partial charge < -0.3 is 15.6 Å². The predicted octanol–water partition coefficient (Wildman–Crippen LogP) is 0.397. The zero-order chi connectivity index (χ0) is 14.0. The van der Waals surface area contributed by atoms with E-state index < -0.39 is 15.1 Å². The summed E-state index contributed by atoms with van der Waals surface area (Å²) in [5, 5.41) is 2.24. The van der Waals surface area contributed by atoms with Crippen molar-refractivity contribution >= 4 is 21.4 Å². The van der Waals surface area contributed by atoms with Gasteiger partial charge in [0.15, 0.2) is 9.84 Å². The second-order valence-electron chi connectivity index (χ2n) is 4.79. The number of amides is 1. The highest BCUT2D eigenvalue weighted by atomic mass is 32.2. The maximum absolute atomic E-state index is 12.0. The monoisotopic (exact) mass is 285 g/mol. The minimum Gasteiger partial charge on any atom is -0.397 e. The summed E-state index contributed by atoms with van der Waals surface area (Å²) < 4.78 is 25.1. The molecule has 19 heavy (non-hydrogen) atoms. The minimum absolute atomic E-state index is 0.177. The van der Waals surface area contributed by atoms with Crippen LogP contribution in [0.25, 0.3) is 0 Å². The molecule has 7 heteroatoms. The van der Waals surface area contributed by atoms with Crippen LogP contribution in [-0.4, -0.2) is 36.4 Å². The first-order chi connectivity index (χ1) is 8.94. The Morgan fingerprint density at radius 1 is 1.58 bits per heavy atom. The SMILES string of the molecule is CCn1cc(N)cc1C(=O)NCC1CCCS1(=O)=O. The Morgan fingerprint density at radius 2 is 2.32 bits per heavy atom. The van der Waals surface area contributed by atoms with Crippen molar-refractivity contribution in [3.05, 3.63) is 18.0 Å². The van der Waals surface area contributed by atoms with Crippen molar-refractivity contribution in [1.29, 1.82) is 0 Å². The number of nitrogens with two attached hydrogens (primary N) is 1. The number of carbonyl (C=O) groups excluding carboxylic acids is 1. The third kappa shape index (κ3) is 2.91. The van der Waals surface area contributed by atoms with Crippen LogP contribution in [0.2, 0.25) is 0 Å². The number of sulfone groups is 1. The number of nitrogens with one attached hydrogen (secondary N) is 1. The van der Waals surface area contributed by atoms with Gasteiger partial charge in [-0.15, -0.1) is 0 Å². The van der Waals surface area contributed by atoms with Crippen LogP contribution in [0.4, 0.5) is 5.69 Å². The molecule has 0 aromatic carbocycles. The third-order valence-electron chi connectivity index (χ3n) is 3.44. The van der Waals surface area contributed by atoms with Crippen LogP contribution in [0, 0.1) is 0 Å². The van der Waals surface area contributed by atoms with E-state index in [2.05, 4.69) is 5.32 Å². The van der Waals surface area contributed by atoms with Crippen molar-refractivity contribution in [3.8, 4) is 0 Å². The molecule has 1 aliphatic heterocycles. The van der Waals surface area contributed by atoms with E-state index in [0.29, 0.717) is 30.8 Å². The molecule has 0 radical (unpaired) electrons. The number of aromatic nitrogens is 1. The minimum atomic E-state index is -3.02. The molecule has 1 fully saturated rings. The smallest absolute Gasteiger partial charge is 0.268 e. The van der Waals surface area contributed by atoms with E-state index in [-0.39, 0.29) is 18.2 Å². The molecule has 3 N–H and O–H groups in total. The van der Waals surface area contributed by atoms with Crippen LogP contribution >= 0.6 is 0 Å². The summed E-state index contributed by atoms with van der Waals surface area (Å²) in [6.07, 6.45) is 3.00. The average Bonchev–Trinajstić information content (AvgIpc) is 2.88. The van der Waals surface area contributed by atoms with Gasteiger partial charge in [-0.1, -0.05) is 0 Å². The Bertz CT molecular complexity index is 577. The van der Waals surface area contributed by atoms with Gasteiger partial charge in [0, 0.05) is 19.3 Å². The van der Waals surface area contributed by atoms with E-state index in [4.69, 9.17) is 5.73 Å². The van der Waals surface area contributed by atoms with Crippen molar-refractivity contribution in [2.24, 2.45) is 0 Å². The molecule has 0 aliphatic carbocycles. The lowest BCUT2D eigenvalue weighted by molar-refractivity contribution is 0.0944. The Morgan fingerprint density at radius 3 is 2.89 bits per heavy atom. The maximum atomic E-state index is 12.0. The quantitative estimate of drug-likeness (QED) is 0.837. The Balaban J connectivity index is 2.02. The maximum Gasteiger partial charge on any atom is 0.268 e. The highest BCUT2D eigenvalue weighted by Gasteiger charge is 2.31. The van der Waals surface area contributed by atoms with Gasteiger partial charge in [-0.3, -0.25) is 4.79 Å². The van der Waals surface area contributed by atoms with Crippen molar-refractivity contribution in [1.82, 2.24) is 9.88 Å². The van der Waals surface area contributed by atoms with Crippen molar-refractivity contribution in [2.75, 3.05) is 18.0 Å². The molecule has 1 saturated heterocycles. The van der Waals surface area contributed by atoms with Gasteiger partial charge in [0.2, 0.25) is 0 Å². The van der Waals surface area contributed by atoms with Gasteiger partial charge in [-0.05, 0) is 25.8 Å². The largest absolute Gasteiger partial charge is 0.397 e. The van der Waals surface area contributed by atoms with Gasteiger partial charge >= 0.3 is 0 Å². The van der Waals surface area contributed by atoms with E-state index in [9.17, 15) is 13.2 Å². The first kappa shape index (κ1) is 13.9. The lowest BCUT2D eigenvalue weighted by atomic mass is 10.2. The van der Waals surface area contributed by atoms with E-state index in [1.165, 1.54) is 0 Å². The highest BCUT2D eigenvalue weighted by molar-refractivity contribution is 7.92. The molecule has 1 aromatic heterocycles. The summed E-state index contributed by atoms with van der Waals surface area (Å²) in [4.78, 5) is 12.0. The molecule has 2 heterocycles. The van der Waals surface area contributed by atoms with Crippen molar-refractivity contribution in [2.45, 2.75) is 31.6 Å². The van der Waals surface area contributed by atoms with Gasteiger partial charge in [0.1, 0.15) is 5.69 Å². The highest BCUT2D eigenvalue weighted by Crippen LogP contribution is 2.19. The zero-order valence-electron chi connectivity index (χ0n) is 10.9. The van der Waals surface area contributed by atoms with E-state index >= 15 is 0 Å². The van der Waals surface area contributed by atoms with Crippen LogP contribution in [0.5, 0.6) is 0 Å². The standard InChI is InChI=1S/C12H19N3O3S/c1-2-15-8-9(13)6-11(15)12(16)14-7-10-4-3-5-19(10,17)18/h6,8,10H,2-5,7,13H2,1H3,(H,14,16). The number of carbonyl (C=O) groups is 1. The summed E-state index contributed by atoms with van der Waals surface area (Å²) >= 11 is 0.